The van der Waals surface area contributed by atoms with Crippen LogP contribution >= 0.6 is 0 Å². The number of aromatic nitrogens is 2. The Morgan fingerprint density at radius 3 is 2.77 bits per heavy atom. The molecule has 0 spiro atoms. The second-order valence-corrected chi connectivity index (χ2v) is 6.02. The Hall–Kier alpha value is -2.04. The predicted octanol–water partition coefficient (Wildman–Crippen LogP) is 3.89. The topological polar surface area (TPSA) is 37.8 Å². The van der Waals surface area contributed by atoms with E-state index in [0.29, 0.717) is 12.0 Å². The molecular formula is C17H19F2N3. The van der Waals surface area contributed by atoms with E-state index in [2.05, 4.69) is 15.3 Å². The van der Waals surface area contributed by atoms with Crippen LogP contribution in [0.3, 0.4) is 0 Å². The minimum absolute atomic E-state index is 0.379. The average molecular weight is 303 g/mol. The molecule has 1 unspecified atom stereocenters. The number of nitrogens with zero attached hydrogens (tertiary/aromatic N) is 2. The maximum Gasteiger partial charge on any atom is 0.159 e. The summed E-state index contributed by atoms with van der Waals surface area (Å²) in [6.07, 6.45) is 5.52. The summed E-state index contributed by atoms with van der Waals surface area (Å²) in [5, 5.41) is 3.43. The van der Waals surface area contributed by atoms with Gasteiger partial charge >= 0.3 is 0 Å². The Morgan fingerprint density at radius 2 is 2.00 bits per heavy atom. The van der Waals surface area contributed by atoms with Crippen molar-refractivity contribution in [2.24, 2.45) is 5.92 Å². The quantitative estimate of drug-likeness (QED) is 0.931. The minimum Gasteiger partial charge on any atom is -0.367 e. The van der Waals surface area contributed by atoms with Crippen molar-refractivity contribution in [1.29, 1.82) is 0 Å². The summed E-state index contributed by atoms with van der Waals surface area (Å²) in [6.45, 7) is 1.94. The third-order valence-corrected chi connectivity index (χ3v) is 4.21. The van der Waals surface area contributed by atoms with Crippen LogP contribution in [0.5, 0.6) is 0 Å². The molecule has 0 saturated heterocycles. The second kappa shape index (κ2) is 6.38. The Morgan fingerprint density at radius 1 is 1.14 bits per heavy atom. The Kier molecular flexibility index (Phi) is 4.32. The molecule has 1 fully saturated rings. The third kappa shape index (κ3) is 3.59. The zero-order valence-corrected chi connectivity index (χ0v) is 12.5. The largest absolute Gasteiger partial charge is 0.367 e. The van der Waals surface area contributed by atoms with Gasteiger partial charge in [0.05, 0.1) is 0 Å². The van der Waals surface area contributed by atoms with Crippen LogP contribution in [-0.4, -0.2) is 16.0 Å². The molecule has 5 heteroatoms. The van der Waals surface area contributed by atoms with Gasteiger partial charge in [0.2, 0.25) is 0 Å². The third-order valence-electron chi connectivity index (χ3n) is 4.21. The summed E-state index contributed by atoms with van der Waals surface area (Å²) in [5.74, 6) is -0.202. The number of nitrogens with one attached hydrogen (secondary N) is 1. The molecule has 3 nitrogen and oxygen atoms in total. The van der Waals surface area contributed by atoms with E-state index in [0.717, 1.165) is 42.8 Å². The molecule has 0 amide bonds. The molecule has 1 aromatic heterocycles. The number of hydrogen-bond acceptors (Lipinski definition) is 3. The molecule has 3 rings (SSSR count). The summed E-state index contributed by atoms with van der Waals surface area (Å²) >= 11 is 0. The molecular weight excluding hydrogens is 284 g/mol. The lowest BCUT2D eigenvalue weighted by Crippen LogP contribution is -2.17. The standard InChI is InChI=1S/C17H19F2N3/c1-11-6-17(21-10-20-11)22-14-4-2-12(8-14)7-13-3-5-15(18)16(19)9-13/h3,5-6,9-10,12,14H,2,4,7-8H2,1H3,(H,20,21,22)/t12-,14?/m0/s1. The van der Waals surface area contributed by atoms with Crippen molar-refractivity contribution >= 4 is 5.82 Å². The maximum absolute atomic E-state index is 13.3. The van der Waals surface area contributed by atoms with Gasteiger partial charge in [-0.05, 0) is 56.2 Å². The number of rotatable bonds is 4. The fourth-order valence-corrected chi connectivity index (χ4v) is 3.13. The molecule has 1 aromatic carbocycles. The van der Waals surface area contributed by atoms with E-state index >= 15 is 0 Å². The second-order valence-electron chi connectivity index (χ2n) is 6.02. The molecule has 0 radical (unpaired) electrons. The van der Waals surface area contributed by atoms with E-state index in [-0.39, 0.29) is 0 Å². The molecule has 2 atom stereocenters. The molecule has 22 heavy (non-hydrogen) atoms. The predicted molar refractivity (Wildman–Crippen MR) is 81.6 cm³/mol. The lowest BCUT2D eigenvalue weighted by atomic mass is 9.97. The molecule has 1 saturated carbocycles. The van der Waals surface area contributed by atoms with Gasteiger partial charge in [-0.3, -0.25) is 0 Å². The van der Waals surface area contributed by atoms with Gasteiger partial charge in [-0.25, -0.2) is 18.7 Å². The van der Waals surface area contributed by atoms with Gasteiger partial charge in [0.1, 0.15) is 12.1 Å². The van der Waals surface area contributed by atoms with Crippen LogP contribution in [0.4, 0.5) is 14.6 Å². The van der Waals surface area contributed by atoms with Gasteiger partial charge in [0.25, 0.3) is 0 Å². The highest BCUT2D eigenvalue weighted by atomic mass is 19.2. The van der Waals surface area contributed by atoms with Crippen LogP contribution in [0.25, 0.3) is 0 Å². The fourth-order valence-electron chi connectivity index (χ4n) is 3.13. The zero-order chi connectivity index (χ0) is 15.5. The van der Waals surface area contributed by atoms with E-state index in [9.17, 15) is 8.78 Å². The van der Waals surface area contributed by atoms with Crippen molar-refractivity contribution < 1.29 is 8.78 Å². The number of aryl methyl sites for hydroxylation is 1. The van der Waals surface area contributed by atoms with Crippen LogP contribution in [-0.2, 0) is 6.42 Å². The molecule has 2 aromatic rings. The molecule has 116 valence electrons. The van der Waals surface area contributed by atoms with Crippen LogP contribution in [0.15, 0.2) is 30.6 Å². The lowest BCUT2D eigenvalue weighted by Gasteiger charge is -2.14. The first-order chi connectivity index (χ1) is 10.6. The Balaban J connectivity index is 1.57. The van der Waals surface area contributed by atoms with Gasteiger partial charge in [-0.15, -0.1) is 0 Å². The Labute approximate surface area is 128 Å². The van der Waals surface area contributed by atoms with Crippen molar-refractivity contribution in [3.8, 4) is 0 Å². The number of hydrogen-bond donors (Lipinski definition) is 1. The highest BCUT2D eigenvalue weighted by Crippen LogP contribution is 2.30. The van der Waals surface area contributed by atoms with Gasteiger partial charge in [0, 0.05) is 17.8 Å². The zero-order valence-electron chi connectivity index (χ0n) is 12.5. The van der Waals surface area contributed by atoms with Crippen molar-refractivity contribution in [3.05, 3.63) is 53.5 Å². The smallest absolute Gasteiger partial charge is 0.159 e. The minimum atomic E-state index is -0.783. The van der Waals surface area contributed by atoms with E-state index in [1.165, 1.54) is 12.1 Å². The molecule has 0 bridgehead atoms. The van der Waals surface area contributed by atoms with E-state index in [1.807, 2.05) is 13.0 Å². The highest BCUT2D eigenvalue weighted by Gasteiger charge is 2.25. The van der Waals surface area contributed by atoms with Gasteiger partial charge in [-0.2, -0.15) is 0 Å². The lowest BCUT2D eigenvalue weighted by molar-refractivity contribution is 0.500. The monoisotopic (exact) mass is 303 g/mol. The van der Waals surface area contributed by atoms with E-state index < -0.39 is 11.6 Å². The molecule has 1 aliphatic carbocycles. The summed E-state index contributed by atoms with van der Waals surface area (Å²) in [5.41, 5.74) is 1.80. The number of anilines is 1. The SMILES string of the molecule is Cc1cc(NC2CC[C@@H](Cc3ccc(F)c(F)c3)C2)ncn1. The maximum atomic E-state index is 13.3. The summed E-state index contributed by atoms with van der Waals surface area (Å²) in [4.78, 5) is 8.30. The van der Waals surface area contributed by atoms with Crippen molar-refractivity contribution in [1.82, 2.24) is 9.97 Å². The van der Waals surface area contributed by atoms with Crippen LogP contribution in [0, 0.1) is 24.5 Å². The first-order valence-electron chi connectivity index (χ1n) is 7.59. The van der Waals surface area contributed by atoms with E-state index in [4.69, 9.17) is 0 Å². The van der Waals surface area contributed by atoms with Crippen molar-refractivity contribution in [3.63, 3.8) is 0 Å². The van der Waals surface area contributed by atoms with Crippen LogP contribution in [0.2, 0.25) is 0 Å². The van der Waals surface area contributed by atoms with Gasteiger partial charge in [0.15, 0.2) is 11.6 Å². The molecule has 1 aliphatic rings. The average Bonchev–Trinajstić information content (AvgIpc) is 2.90. The first kappa shape index (κ1) is 14.9. The Bertz CT molecular complexity index is 660. The molecule has 1 N–H and O–H groups in total. The normalized spacial score (nSPS) is 21.0. The highest BCUT2D eigenvalue weighted by molar-refractivity contribution is 5.36. The van der Waals surface area contributed by atoms with Crippen LogP contribution < -0.4 is 5.32 Å². The number of halogens is 2. The van der Waals surface area contributed by atoms with Gasteiger partial charge in [-0.1, -0.05) is 6.07 Å². The summed E-state index contributed by atoms with van der Waals surface area (Å²) in [6, 6.07) is 6.50. The van der Waals surface area contributed by atoms with Crippen molar-refractivity contribution in [2.45, 2.75) is 38.6 Å². The fraction of sp³-hybridized carbons (Fsp3) is 0.412. The molecule has 0 aliphatic heterocycles. The van der Waals surface area contributed by atoms with E-state index in [1.54, 1.807) is 12.4 Å². The van der Waals surface area contributed by atoms with Gasteiger partial charge < -0.3 is 5.32 Å². The summed E-state index contributed by atoms with van der Waals surface area (Å²) < 4.78 is 26.2. The summed E-state index contributed by atoms with van der Waals surface area (Å²) in [7, 11) is 0. The number of benzene rings is 1. The van der Waals surface area contributed by atoms with Crippen LogP contribution in [0.1, 0.15) is 30.5 Å². The molecule has 1 heterocycles. The van der Waals surface area contributed by atoms with Crippen molar-refractivity contribution in [2.75, 3.05) is 5.32 Å². The first-order valence-corrected chi connectivity index (χ1v) is 7.59.